The van der Waals surface area contributed by atoms with E-state index in [0.717, 1.165) is 62.2 Å². The van der Waals surface area contributed by atoms with Crippen LogP contribution in [0.15, 0.2) is 66.7 Å². The minimum Gasteiger partial charge on any atom is -0.429 e. The van der Waals surface area contributed by atoms with E-state index in [1.807, 2.05) is 31.2 Å². The molecule has 250 valence electrons. The van der Waals surface area contributed by atoms with Gasteiger partial charge < -0.3 is 14.2 Å². The highest BCUT2D eigenvalue weighted by molar-refractivity contribution is 5.64. The summed E-state index contributed by atoms with van der Waals surface area (Å²) in [5.41, 5.74) is 0.0601. The molecule has 0 bridgehead atoms. The zero-order valence-electron chi connectivity index (χ0n) is 25.0. The number of alkyl halides is 7. The van der Waals surface area contributed by atoms with Crippen molar-refractivity contribution in [2.24, 2.45) is 11.8 Å². The summed E-state index contributed by atoms with van der Waals surface area (Å²) >= 11 is 0. The third kappa shape index (κ3) is 8.38. The van der Waals surface area contributed by atoms with Crippen LogP contribution in [0.3, 0.4) is 0 Å². The first kappa shape index (κ1) is 34.1. The largest absolute Gasteiger partial charge is 0.527 e. The van der Waals surface area contributed by atoms with Crippen molar-refractivity contribution in [1.82, 2.24) is 0 Å². The molecule has 3 aromatic rings. The van der Waals surface area contributed by atoms with Gasteiger partial charge in [0.15, 0.2) is 0 Å². The Hall–Kier alpha value is -3.22. The number of hydrogen-bond acceptors (Lipinski definition) is 4. The Morgan fingerprint density at radius 3 is 1.87 bits per heavy atom. The molecular formula is C34H34F8O4. The van der Waals surface area contributed by atoms with E-state index in [0.29, 0.717) is 29.6 Å². The van der Waals surface area contributed by atoms with Crippen molar-refractivity contribution < 1.29 is 54.1 Å². The van der Waals surface area contributed by atoms with Crippen LogP contribution in [0.2, 0.25) is 0 Å². The molecule has 0 aromatic heterocycles. The number of rotatable bonds is 10. The van der Waals surface area contributed by atoms with Gasteiger partial charge in [-0.25, -0.2) is 9.13 Å². The number of hydrogen-bond donors (Lipinski definition) is 0. The summed E-state index contributed by atoms with van der Waals surface area (Å²) in [6, 6.07) is 13.6. The number of ether oxygens (including phenoxy) is 4. The first-order valence-electron chi connectivity index (χ1n) is 15.2. The van der Waals surface area contributed by atoms with Crippen molar-refractivity contribution in [2.45, 2.75) is 76.2 Å². The molecule has 2 aliphatic rings. The van der Waals surface area contributed by atoms with Crippen LogP contribution in [0.5, 0.6) is 5.75 Å². The van der Waals surface area contributed by atoms with Gasteiger partial charge in [0.2, 0.25) is 0 Å². The first-order valence-corrected chi connectivity index (χ1v) is 15.2. The van der Waals surface area contributed by atoms with Gasteiger partial charge in [0.05, 0.1) is 29.9 Å². The zero-order valence-corrected chi connectivity index (χ0v) is 25.0. The van der Waals surface area contributed by atoms with E-state index in [-0.39, 0.29) is 18.2 Å². The van der Waals surface area contributed by atoms with E-state index in [1.54, 1.807) is 0 Å². The summed E-state index contributed by atoms with van der Waals surface area (Å²) in [6.45, 7) is 3.51. The van der Waals surface area contributed by atoms with Gasteiger partial charge in [0.25, 0.3) is 0 Å². The number of benzene rings is 3. The van der Waals surface area contributed by atoms with Gasteiger partial charge >= 0.3 is 18.6 Å². The first-order chi connectivity index (χ1) is 21.7. The SMILES string of the molecule is CCOC1CCC(C2CCC(c3ccc(-c4ccc(C(F)(F)Oc5ccc(C(F)(F)OC(F)(F)F)c(F)c5)cc4)cc3)OC2)CC1. The van der Waals surface area contributed by atoms with E-state index in [9.17, 15) is 35.1 Å². The molecule has 1 heterocycles. The molecule has 1 aliphatic carbocycles. The van der Waals surface area contributed by atoms with Crippen LogP contribution in [-0.4, -0.2) is 25.7 Å². The van der Waals surface area contributed by atoms with Gasteiger partial charge in [-0.1, -0.05) is 36.4 Å². The van der Waals surface area contributed by atoms with E-state index >= 15 is 0 Å². The molecule has 0 spiro atoms. The predicted molar refractivity (Wildman–Crippen MR) is 153 cm³/mol. The third-order valence-corrected chi connectivity index (χ3v) is 8.68. The van der Waals surface area contributed by atoms with Crippen LogP contribution in [0.1, 0.15) is 68.2 Å². The molecule has 0 amide bonds. The summed E-state index contributed by atoms with van der Waals surface area (Å²) in [4.78, 5) is 0. The Morgan fingerprint density at radius 2 is 1.33 bits per heavy atom. The van der Waals surface area contributed by atoms with Crippen LogP contribution < -0.4 is 4.74 Å². The van der Waals surface area contributed by atoms with E-state index in [4.69, 9.17) is 9.47 Å². The molecule has 4 nitrogen and oxygen atoms in total. The molecule has 5 rings (SSSR count). The summed E-state index contributed by atoms with van der Waals surface area (Å²) in [7, 11) is 0. The molecule has 46 heavy (non-hydrogen) atoms. The molecular weight excluding hydrogens is 624 g/mol. The van der Waals surface area contributed by atoms with Crippen molar-refractivity contribution >= 4 is 0 Å². The maximum atomic E-state index is 14.8. The highest BCUT2D eigenvalue weighted by atomic mass is 19.4. The second-order valence-corrected chi connectivity index (χ2v) is 11.7. The van der Waals surface area contributed by atoms with Crippen LogP contribution in [0, 0.1) is 17.7 Å². The average molecular weight is 659 g/mol. The second-order valence-electron chi connectivity index (χ2n) is 11.7. The molecule has 0 N–H and O–H groups in total. The van der Waals surface area contributed by atoms with E-state index < -0.39 is 41.3 Å². The lowest BCUT2D eigenvalue weighted by Gasteiger charge is -2.37. The summed E-state index contributed by atoms with van der Waals surface area (Å²) in [5.74, 6) is -1.57. The van der Waals surface area contributed by atoms with Gasteiger partial charge in [0, 0.05) is 12.7 Å². The lowest BCUT2D eigenvalue weighted by atomic mass is 9.76. The Bertz CT molecular complexity index is 1430. The third-order valence-electron chi connectivity index (χ3n) is 8.68. The normalized spacial score (nSPS) is 22.9. The van der Waals surface area contributed by atoms with Crippen LogP contribution >= 0.6 is 0 Å². The van der Waals surface area contributed by atoms with Crippen molar-refractivity contribution in [2.75, 3.05) is 13.2 Å². The monoisotopic (exact) mass is 658 g/mol. The molecule has 3 aromatic carbocycles. The quantitative estimate of drug-likeness (QED) is 0.203. The Labute approximate surface area is 261 Å². The molecule has 1 saturated heterocycles. The lowest BCUT2D eigenvalue weighted by molar-refractivity contribution is -0.432. The van der Waals surface area contributed by atoms with Gasteiger partial charge in [-0.15, -0.1) is 13.2 Å². The van der Waals surface area contributed by atoms with Crippen LogP contribution in [0.4, 0.5) is 35.1 Å². The molecule has 2 fully saturated rings. The number of halogens is 8. The van der Waals surface area contributed by atoms with Crippen LogP contribution in [0.25, 0.3) is 11.1 Å². The minimum absolute atomic E-state index is 0.00873. The van der Waals surface area contributed by atoms with Gasteiger partial charge in [0.1, 0.15) is 11.6 Å². The van der Waals surface area contributed by atoms with E-state index in [1.165, 1.54) is 25.0 Å². The summed E-state index contributed by atoms with van der Waals surface area (Å²) in [6.07, 6.45) is -7.89. The fourth-order valence-corrected chi connectivity index (χ4v) is 6.32. The molecule has 1 saturated carbocycles. The Morgan fingerprint density at radius 1 is 0.717 bits per heavy atom. The zero-order chi connectivity index (χ0) is 33.1. The van der Waals surface area contributed by atoms with Crippen molar-refractivity contribution in [3.63, 3.8) is 0 Å². The minimum atomic E-state index is -5.76. The molecule has 2 unspecified atom stereocenters. The fraction of sp³-hybridized carbons (Fsp3) is 0.471. The maximum absolute atomic E-state index is 14.8. The molecule has 1 aliphatic heterocycles. The molecule has 12 heteroatoms. The second kappa shape index (κ2) is 13.9. The van der Waals surface area contributed by atoms with Crippen molar-refractivity contribution in [3.8, 4) is 16.9 Å². The fourth-order valence-electron chi connectivity index (χ4n) is 6.32. The Balaban J connectivity index is 1.16. The lowest BCUT2D eigenvalue weighted by Crippen LogP contribution is -2.31. The van der Waals surface area contributed by atoms with Crippen molar-refractivity contribution in [3.05, 3.63) is 89.2 Å². The Kier molecular flexibility index (Phi) is 10.3. The van der Waals surface area contributed by atoms with Crippen LogP contribution in [-0.2, 0) is 26.4 Å². The molecule has 2 atom stereocenters. The average Bonchev–Trinajstić information content (AvgIpc) is 3.00. The summed E-state index contributed by atoms with van der Waals surface area (Å²) in [5, 5.41) is 0. The maximum Gasteiger partial charge on any atom is 0.527 e. The van der Waals surface area contributed by atoms with Crippen molar-refractivity contribution in [1.29, 1.82) is 0 Å². The smallest absolute Gasteiger partial charge is 0.429 e. The van der Waals surface area contributed by atoms with E-state index in [2.05, 4.69) is 9.47 Å². The van der Waals surface area contributed by atoms with Gasteiger partial charge in [-0.3, -0.25) is 0 Å². The standard InChI is InChI=1S/C34H34F8O4/c1-2-43-27-14-9-23(10-15-27)25-11-18-31(44-20-25)24-5-3-21(4-6-24)22-7-12-26(13-8-22)32(36,37)45-28-16-17-29(30(35)19-28)33(38,39)46-34(40,41)42/h3-8,12-13,16-17,19,23,25,27,31H,2,9-11,14-15,18,20H2,1H3. The highest BCUT2D eigenvalue weighted by Gasteiger charge is 2.48. The predicted octanol–water partition coefficient (Wildman–Crippen LogP) is 10.3. The van der Waals surface area contributed by atoms with Gasteiger partial charge in [-0.2, -0.15) is 17.6 Å². The summed E-state index contributed by atoms with van der Waals surface area (Å²) < 4.78 is 127. The topological polar surface area (TPSA) is 36.9 Å². The highest BCUT2D eigenvalue weighted by Crippen LogP contribution is 2.41. The van der Waals surface area contributed by atoms with Gasteiger partial charge in [-0.05, 0) is 98.2 Å². The molecule has 0 radical (unpaired) electrons.